The highest BCUT2D eigenvalue weighted by molar-refractivity contribution is 8.02. The Balaban J connectivity index is 2.68. The molecule has 0 amide bonds. The molecule has 1 aromatic rings. The van der Waals surface area contributed by atoms with Gasteiger partial charge in [-0.3, -0.25) is 5.73 Å². The third-order valence-corrected chi connectivity index (χ3v) is 4.22. The van der Waals surface area contributed by atoms with E-state index in [2.05, 4.69) is 10.2 Å². The van der Waals surface area contributed by atoms with Crippen LogP contribution in [0.25, 0.3) is 0 Å². The average molecular weight is 367 g/mol. The molecule has 1 unspecified atom stereocenters. The van der Waals surface area contributed by atoms with Gasteiger partial charge in [-0.2, -0.15) is 23.5 Å². The van der Waals surface area contributed by atoms with Crippen molar-refractivity contribution < 1.29 is 13.2 Å². The predicted octanol–water partition coefficient (Wildman–Crippen LogP) is 4.69. The van der Waals surface area contributed by atoms with Crippen LogP contribution < -0.4 is 5.73 Å². The number of hydrogen-bond donors (Lipinski definition) is 1. The molecule has 22 heavy (non-hydrogen) atoms. The van der Waals surface area contributed by atoms with Gasteiger partial charge in [-0.1, -0.05) is 23.2 Å². The second-order valence-corrected chi connectivity index (χ2v) is 5.88. The van der Waals surface area contributed by atoms with Crippen molar-refractivity contribution in [2.45, 2.75) is 11.8 Å². The van der Waals surface area contributed by atoms with Crippen molar-refractivity contribution in [2.75, 3.05) is 6.26 Å². The van der Waals surface area contributed by atoms with Crippen LogP contribution in [0.3, 0.4) is 0 Å². The first-order valence-electron chi connectivity index (χ1n) is 5.62. The monoisotopic (exact) mass is 366 g/mol. The van der Waals surface area contributed by atoms with Crippen LogP contribution >= 0.6 is 35.0 Å². The predicted molar refractivity (Wildman–Crippen MR) is 78.3 cm³/mol. The standard InChI is InChI=1S/C12H7Cl2F3N4S/c1-22-10-6(4-18)11(19,21-20-10)9-7(13)2-5(3-8(9)14)12(15,16)17/h2-3H,19H2,1H3. The quantitative estimate of drug-likeness (QED) is 0.824. The summed E-state index contributed by atoms with van der Waals surface area (Å²) >= 11 is 13.0. The van der Waals surface area contributed by atoms with Crippen LogP contribution in [0.4, 0.5) is 13.2 Å². The normalized spacial score (nSPS) is 21.4. The van der Waals surface area contributed by atoms with E-state index in [0.29, 0.717) is 12.1 Å². The fourth-order valence-corrected chi connectivity index (χ4v) is 3.24. The molecule has 1 atom stereocenters. The summed E-state index contributed by atoms with van der Waals surface area (Å²) in [5.74, 6) is 0. The lowest BCUT2D eigenvalue weighted by atomic mass is 9.93. The topological polar surface area (TPSA) is 74.5 Å². The lowest BCUT2D eigenvalue weighted by molar-refractivity contribution is -0.137. The summed E-state index contributed by atoms with van der Waals surface area (Å²) < 4.78 is 38.3. The largest absolute Gasteiger partial charge is 0.416 e. The van der Waals surface area contributed by atoms with Crippen molar-refractivity contribution in [2.24, 2.45) is 16.0 Å². The first-order chi connectivity index (χ1) is 10.1. The molecule has 2 N–H and O–H groups in total. The van der Waals surface area contributed by atoms with E-state index in [1.165, 1.54) is 0 Å². The minimum Gasteiger partial charge on any atom is -0.297 e. The number of alkyl halides is 3. The van der Waals surface area contributed by atoms with Crippen LogP contribution in [0.5, 0.6) is 0 Å². The van der Waals surface area contributed by atoms with Crippen molar-refractivity contribution in [3.63, 3.8) is 0 Å². The lowest BCUT2D eigenvalue weighted by Crippen LogP contribution is -2.35. The van der Waals surface area contributed by atoms with Gasteiger partial charge in [0.25, 0.3) is 0 Å². The van der Waals surface area contributed by atoms with E-state index >= 15 is 0 Å². The Morgan fingerprint density at radius 1 is 1.32 bits per heavy atom. The number of benzene rings is 1. The van der Waals surface area contributed by atoms with Crippen LogP contribution in [-0.4, -0.2) is 6.26 Å². The summed E-state index contributed by atoms with van der Waals surface area (Å²) in [6.45, 7) is 0. The third-order valence-electron chi connectivity index (χ3n) is 2.95. The Kier molecular flexibility index (Phi) is 4.46. The first-order valence-corrected chi connectivity index (χ1v) is 7.60. The summed E-state index contributed by atoms with van der Waals surface area (Å²) in [5, 5.41) is 16.4. The molecule has 0 spiro atoms. The van der Waals surface area contributed by atoms with E-state index < -0.39 is 17.4 Å². The lowest BCUT2D eigenvalue weighted by Gasteiger charge is -2.23. The number of nitrogens with two attached hydrogens (primary N) is 1. The van der Waals surface area contributed by atoms with Gasteiger partial charge in [0.15, 0.2) is 5.66 Å². The highest BCUT2D eigenvalue weighted by atomic mass is 35.5. The molecular formula is C12H7Cl2F3N4S. The van der Waals surface area contributed by atoms with Crippen molar-refractivity contribution in [1.29, 1.82) is 5.26 Å². The zero-order valence-corrected chi connectivity index (χ0v) is 13.2. The number of hydrogen-bond acceptors (Lipinski definition) is 5. The molecule has 2 rings (SSSR count). The van der Waals surface area contributed by atoms with Crippen LogP contribution in [0.15, 0.2) is 33.0 Å². The highest BCUT2D eigenvalue weighted by Crippen LogP contribution is 2.46. The van der Waals surface area contributed by atoms with Gasteiger partial charge in [0.05, 0.1) is 15.6 Å². The maximum Gasteiger partial charge on any atom is 0.416 e. The summed E-state index contributed by atoms with van der Waals surface area (Å²) in [6, 6.07) is 3.25. The number of azo groups is 1. The molecule has 1 heterocycles. The number of nitriles is 1. The maximum absolute atomic E-state index is 12.8. The molecule has 0 radical (unpaired) electrons. The minimum absolute atomic E-state index is 0.0245. The molecule has 4 nitrogen and oxygen atoms in total. The average Bonchev–Trinajstić information content (AvgIpc) is 2.73. The second-order valence-electron chi connectivity index (χ2n) is 4.28. The zero-order chi connectivity index (χ0) is 16.7. The fraction of sp³-hybridized carbons (Fsp3) is 0.250. The van der Waals surface area contributed by atoms with Crippen LogP contribution in [0.2, 0.25) is 10.0 Å². The van der Waals surface area contributed by atoms with E-state index in [1.54, 1.807) is 6.26 Å². The second kappa shape index (κ2) is 5.74. The molecule has 1 aliphatic heterocycles. The number of halogens is 5. The van der Waals surface area contributed by atoms with E-state index in [-0.39, 0.29) is 26.2 Å². The molecule has 0 fully saturated rings. The van der Waals surface area contributed by atoms with E-state index in [0.717, 1.165) is 11.8 Å². The van der Waals surface area contributed by atoms with Gasteiger partial charge in [-0.05, 0) is 18.4 Å². The van der Waals surface area contributed by atoms with Gasteiger partial charge in [-0.25, -0.2) is 0 Å². The summed E-state index contributed by atoms with van der Waals surface area (Å²) in [4.78, 5) is 0. The molecule has 0 saturated heterocycles. The zero-order valence-electron chi connectivity index (χ0n) is 10.9. The third kappa shape index (κ3) is 2.70. The van der Waals surface area contributed by atoms with E-state index in [1.807, 2.05) is 6.07 Å². The van der Waals surface area contributed by atoms with Crippen molar-refractivity contribution >= 4 is 35.0 Å². The molecule has 1 aromatic carbocycles. The smallest absolute Gasteiger partial charge is 0.297 e. The molecule has 0 saturated carbocycles. The SMILES string of the molecule is CSC1=C(C#N)C(N)(c2c(Cl)cc(C(F)(F)F)cc2Cl)N=N1. The van der Waals surface area contributed by atoms with Gasteiger partial charge in [0, 0.05) is 5.56 Å². The molecule has 0 bridgehead atoms. The van der Waals surface area contributed by atoms with Gasteiger partial charge in [0.1, 0.15) is 16.7 Å². The van der Waals surface area contributed by atoms with Crippen LogP contribution in [-0.2, 0) is 11.8 Å². The van der Waals surface area contributed by atoms with Crippen LogP contribution in [0.1, 0.15) is 11.1 Å². The van der Waals surface area contributed by atoms with Gasteiger partial charge in [-0.15, -0.1) is 16.9 Å². The summed E-state index contributed by atoms with van der Waals surface area (Å²) in [6.07, 6.45) is -2.95. The molecule has 10 heteroatoms. The summed E-state index contributed by atoms with van der Waals surface area (Å²) in [7, 11) is 0. The molecule has 1 aliphatic rings. The number of rotatable bonds is 2. The van der Waals surface area contributed by atoms with E-state index in [4.69, 9.17) is 28.9 Å². The first kappa shape index (κ1) is 17.1. The van der Waals surface area contributed by atoms with Crippen LogP contribution in [0, 0.1) is 11.3 Å². The Morgan fingerprint density at radius 2 is 1.86 bits per heavy atom. The van der Waals surface area contributed by atoms with Crippen molar-refractivity contribution in [1.82, 2.24) is 0 Å². The van der Waals surface area contributed by atoms with Gasteiger partial charge >= 0.3 is 6.18 Å². The number of thioether (sulfide) groups is 1. The molecule has 0 aromatic heterocycles. The van der Waals surface area contributed by atoms with Crippen molar-refractivity contribution in [3.8, 4) is 6.07 Å². The fourth-order valence-electron chi connectivity index (χ4n) is 1.94. The van der Waals surface area contributed by atoms with E-state index in [9.17, 15) is 18.4 Å². The van der Waals surface area contributed by atoms with Crippen molar-refractivity contribution in [3.05, 3.63) is 43.9 Å². The minimum atomic E-state index is -4.61. The highest BCUT2D eigenvalue weighted by Gasteiger charge is 2.43. The number of nitrogens with zero attached hydrogens (tertiary/aromatic N) is 3. The van der Waals surface area contributed by atoms with Gasteiger partial charge < -0.3 is 0 Å². The molecule has 0 aliphatic carbocycles. The Morgan fingerprint density at radius 3 is 2.27 bits per heavy atom. The Hall–Kier alpha value is -1.27. The van der Waals surface area contributed by atoms with Gasteiger partial charge in [0.2, 0.25) is 0 Å². The Bertz CT molecular complexity index is 716. The molecule has 116 valence electrons. The summed E-state index contributed by atoms with van der Waals surface area (Å²) in [5.41, 5.74) is 3.13. The Labute approximate surface area is 137 Å². The molecular weight excluding hydrogens is 360 g/mol. The maximum atomic E-state index is 12.8.